The normalized spacial score (nSPS) is 14.8. The van der Waals surface area contributed by atoms with E-state index in [2.05, 4.69) is 0 Å². The monoisotopic (exact) mass is 322 g/mol. The Balaban J connectivity index is 1.94. The first kappa shape index (κ1) is 14.6. The second-order valence-electron chi connectivity index (χ2n) is 4.69. The molecule has 0 bridgehead atoms. The Morgan fingerprint density at radius 1 is 1.10 bits per heavy atom. The van der Waals surface area contributed by atoms with Gasteiger partial charge in [0.1, 0.15) is 19.3 Å². The summed E-state index contributed by atoms with van der Waals surface area (Å²) in [6.07, 6.45) is 1.23. The number of hydrogen-bond acceptors (Lipinski definition) is 4. The van der Waals surface area contributed by atoms with Crippen LogP contribution in [0, 0.1) is 0 Å². The van der Waals surface area contributed by atoms with E-state index in [0.29, 0.717) is 35.3 Å². The van der Waals surface area contributed by atoms with Gasteiger partial charge < -0.3 is 14.6 Å². The zero-order chi connectivity index (χ0) is 14.8. The number of aliphatic hydroxyl groups excluding tert-OH is 1. The van der Waals surface area contributed by atoms with Crippen LogP contribution >= 0.6 is 23.4 Å². The summed E-state index contributed by atoms with van der Waals surface area (Å²) in [5.41, 5.74) is 1.42. The summed E-state index contributed by atoms with van der Waals surface area (Å²) in [6.45, 7) is 1.02. The van der Waals surface area contributed by atoms with E-state index in [0.717, 1.165) is 10.5 Å². The molecular weight excluding hydrogens is 308 g/mol. The minimum atomic E-state index is -0.788. The van der Waals surface area contributed by atoms with Crippen molar-refractivity contribution < 1.29 is 14.6 Å². The molecule has 1 heterocycles. The number of aliphatic hydroxyl groups is 1. The fourth-order valence-electron chi connectivity index (χ4n) is 2.26. The lowest BCUT2D eigenvalue weighted by Gasteiger charge is -2.21. The first-order valence-electron chi connectivity index (χ1n) is 6.60. The van der Waals surface area contributed by atoms with E-state index in [9.17, 15) is 5.11 Å². The van der Waals surface area contributed by atoms with Gasteiger partial charge in [-0.3, -0.25) is 0 Å². The van der Waals surface area contributed by atoms with Crippen molar-refractivity contribution in [2.24, 2.45) is 0 Å². The van der Waals surface area contributed by atoms with Crippen LogP contribution in [0.2, 0.25) is 5.02 Å². The molecule has 0 radical (unpaired) electrons. The van der Waals surface area contributed by atoms with E-state index in [1.165, 1.54) is 0 Å². The molecule has 1 N–H and O–H groups in total. The summed E-state index contributed by atoms with van der Waals surface area (Å²) >= 11 is 7.93. The van der Waals surface area contributed by atoms with Gasteiger partial charge in [0.05, 0.1) is 5.02 Å². The minimum Gasteiger partial charge on any atom is -0.486 e. The highest BCUT2D eigenvalue weighted by molar-refractivity contribution is 7.98. The van der Waals surface area contributed by atoms with Crippen LogP contribution in [0.3, 0.4) is 0 Å². The molecule has 5 heteroatoms. The van der Waals surface area contributed by atoms with Gasteiger partial charge in [-0.05, 0) is 30.0 Å². The number of benzene rings is 2. The highest BCUT2D eigenvalue weighted by atomic mass is 35.5. The van der Waals surface area contributed by atoms with Gasteiger partial charge in [0, 0.05) is 16.5 Å². The number of hydrogen-bond donors (Lipinski definition) is 1. The first-order valence-corrected chi connectivity index (χ1v) is 8.20. The maximum atomic E-state index is 10.6. The second-order valence-corrected chi connectivity index (χ2v) is 5.98. The molecule has 0 saturated heterocycles. The van der Waals surface area contributed by atoms with Gasteiger partial charge in [-0.25, -0.2) is 0 Å². The average molecular weight is 323 g/mol. The van der Waals surface area contributed by atoms with Gasteiger partial charge in [-0.15, -0.1) is 11.8 Å². The molecule has 0 amide bonds. The number of fused-ring (bicyclic) bond motifs is 1. The van der Waals surface area contributed by atoms with Crippen LogP contribution in [-0.2, 0) is 0 Å². The smallest absolute Gasteiger partial charge is 0.162 e. The van der Waals surface area contributed by atoms with Gasteiger partial charge in [0.15, 0.2) is 11.5 Å². The molecule has 2 aromatic carbocycles. The lowest BCUT2D eigenvalue weighted by atomic mass is 10.0. The van der Waals surface area contributed by atoms with Crippen LogP contribution in [0.25, 0.3) is 0 Å². The molecule has 1 atom stereocenters. The maximum Gasteiger partial charge on any atom is 0.162 e. The largest absolute Gasteiger partial charge is 0.486 e. The summed E-state index contributed by atoms with van der Waals surface area (Å²) in [7, 11) is 0. The molecule has 0 aromatic heterocycles. The van der Waals surface area contributed by atoms with Crippen molar-refractivity contribution in [3.63, 3.8) is 0 Å². The van der Waals surface area contributed by atoms with E-state index < -0.39 is 6.10 Å². The highest BCUT2D eigenvalue weighted by Gasteiger charge is 2.20. The topological polar surface area (TPSA) is 38.7 Å². The van der Waals surface area contributed by atoms with E-state index >= 15 is 0 Å². The van der Waals surface area contributed by atoms with Crippen molar-refractivity contribution in [3.05, 3.63) is 52.5 Å². The van der Waals surface area contributed by atoms with Gasteiger partial charge in [-0.1, -0.05) is 23.7 Å². The van der Waals surface area contributed by atoms with Crippen molar-refractivity contribution in [1.29, 1.82) is 0 Å². The summed E-state index contributed by atoms with van der Waals surface area (Å²) in [6, 6.07) is 11.2. The van der Waals surface area contributed by atoms with E-state index in [1.807, 2.05) is 30.5 Å². The summed E-state index contributed by atoms with van der Waals surface area (Å²) < 4.78 is 11.0. The molecular formula is C16H15ClO3S. The Bertz CT molecular complexity index is 643. The Kier molecular flexibility index (Phi) is 4.29. The van der Waals surface area contributed by atoms with Crippen LogP contribution in [0.1, 0.15) is 17.2 Å². The third-order valence-corrected chi connectivity index (χ3v) is 4.46. The molecule has 0 fully saturated rings. The molecule has 3 rings (SSSR count). The standard InChI is InChI=1S/C16H15ClO3S/c1-21-11-4-2-10(3-5-11)16(18)12-8-14-15(9-13(12)17)20-7-6-19-14/h2-5,8-9,16,18H,6-7H2,1H3. The van der Waals surface area contributed by atoms with Crippen molar-refractivity contribution in [2.45, 2.75) is 11.0 Å². The van der Waals surface area contributed by atoms with Crippen LogP contribution in [0.4, 0.5) is 0 Å². The maximum absolute atomic E-state index is 10.6. The lowest BCUT2D eigenvalue weighted by molar-refractivity contribution is 0.169. The minimum absolute atomic E-state index is 0.473. The Hall–Kier alpha value is -1.36. The van der Waals surface area contributed by atoms with Gasteiger partial charge in [0.2, 0.25) is 0 Å². The third-order valence-electron chi connectivity index (χ3n) is 3.39. The zero-order valence-electron chi connectivity index (χ0n) is 11.5. The predicted octanol–water partition coefficient (Wildman–Crippen LogP) is 3.91. The molecule has 0 aliphatic carbocycles. The fourth-order valence-corrected chi connectivity index (χ4v) is 2.92. The van der Waals surface area contributed by atoms with Crippen molar-refractivity contribution in [3.8, 4) is 11.5 Å². The summed E-state index contributed by atoms with van der Waals surface area (Å²) in [5, 5.41) is 11.0. The second kappa shape index (κ2) is 6.18. The van der Waals surface area contributed by atoms with Gasteiger partial charge in [0.25, 0.3) is 0 Å². The molecule has 2 aromatic rings. The molecule has 21 heavy (non-hydrogen) atoms. The van der Waals surface area contributed by atoms with Gasteiger partial charge >= 0.3 is 0 Å². The first-order chi connectivity index (χ1) is 10.2. The number of thioether (sulfide) groups is 1. The summed E-state index contributed by atoms with van der Waals surface area (Å²) in [5.74, 6) is 1.25. The highest BCUT2D eigenvalue weighted by Crippen LogP contribution is 2.39. The number of rotatable bonds is 3. The van der Waals surface area contributed by atoms with Gasteiger partial charge in [-0.2, -0.15) is 0 Å². The van der Waals surface area contributed by atoms with E-state index in [1.54, 1.807) is 23.9 Å². The van der Waals surface area contributed by atoms with E-state index in [4.69, 9.17) is 21.1 Å². The summed E-state index contributed by atoms with van der Waals surface area (Å²) in [4.78, 5) is 1.15. The van der Waals surface area contributed by atoms with Crippen LogP contribution in [0.15, 0.2) is 41.3 Å². The molecule has 0 spiro atoms. The van der Waals surface area contributed by atoms with E-state index in [-0.39, 0.29) is 0 Å². The van der Waals surface area contributed by atoms with Crippen LogP contribution in [0.5, 0.6) is 11.5 Å². The molecule has 1 unspecified atom stereocenters. The van der Waals surface area contributed by atoms with Crippen molar-refractivity contribution >= 4 is 23.4 Å². The number of halogens is 1. The molecule has 110 valence electrons. The molecule has 0 saturated carbocycles. The quantitative estimate of drug-likeness (QED) is 0.869. The lowest BCUT2D eigenvalue weighted by Crippen LogP contribution is -2.16. The average Bonchev–Trinajstić information content (AvgIpc) is 2.53. The van der Waals surface area contributed by atoms with Crippen LogP contribution in [-0.4, -0.2) is 24.6 Å². The van der Waals surface area contributed by atoms with Crippen molar-refractivity contribution in [2.75, 3.05) is 19.5 Å². The zero-order valence-corrected chi connectivity index (χ0v) is 13.1. The third kappa shape index (κ3) is 2.98. The van der Waals surface area contributed by atoms with Crippen molar-refractivity contribution in [1.82, 2.24) is 0 Å². The predicted molar refractivity (Wildman–Crippen MR) is 84.7 cm³/mol. The molecule has 1 aliphatic heterocycles. The Morgan fingerprint density at radius 3 is 2.33 bits per heavy atom. The fraction of sp³-hybridized carbons (Fsp3) is 0.250. The Morgan fingerprint density at radius 2 is 1.71 bits per heavy atom. The molecule has 1 aliphatic rings. The molecule has 3 nitrogen and oxygen atoms in total. The SMILES string of the molecule is CSc1ccc(C(O)c2cc3c(cc2Cl)OCCO3)cc1. The van der Waals surface area contributed by atoms with Crippen LogP contribution < -0.4 is 9.47 Å². The Labute approximate surface area is 132 Å². The number of ether oxygens (including phenoxy) is 2.